The summed E-state index contributed by atoms with van der Waals surface area (Å²) in [5.41, 5.74) is 7.53. The van der Waals surface area contributed by atoms with Crippen molar-refractivity contribution in [2.24, 2.45) is 5.92 Å². The molecule has 0 radical (unpaired) electrons. The number of rotatable bonds is 4. The molecule has 1 fully saturated rings. The van der Waals surface area contributed by atoms with Gasteiger partial charge in [-0.1, -0.05) is 31.0 Å². The fourth-order valence-electron chi connectivity index (χ4n) is 1.98. The number of hydrogen-bond acceptors (Lipinski definition) is 2. The lowest BCUT2D eigenvalue weighted by Crippen LogP contribution is -2.06. The second-order valence-electron chi connectivity index (χ2n) is 4.24. The van der Waals surface area contributed by atoms with E-state index in [-0.39, 0.29) is 0 Å². The van der Waals surface area contributed by atoms with Crippen molar-refractivity contribution in [3.8, 4) is 0 Å². The van der Waals surface area contributed by atoms with Gasteiger partial charge in [0.05, 0.1) is 16.4 Å². The van der Waals surface area contributed by atoms with Crippen LogP contribution in [0.2, 0.25) is 5.02 Å². The topological polar surface area (TPSA) is 38.0 Å². The van der Waals surface area contributed by atoms with Gasteiger partial charge in [0.1, 0.15) is 0 Å². The minimum absolute atomic E-state index is 0.603. The van der Waals surface area contributed by atoms with E-state index in [9.17, 15) is 0 Å². The zero-order valence-electron chi connectivity index (χ0n) is 8.96. The van der Waals surface area contributed by atoms with Gasteiger partial charge in [0.2, 0.25) is 0 Å². The number of anilines is 2. The van der Waals surface area contributed by atoms with Gasteiger partial charge in [0, 0.05) is 6.04 Å². The zero-order chi connectivity index (χ0) is 10.8. The summed E-state index contributed by atoms with van der Waals surface area (Å²) in [6.45, 7) is 2.23. The largest absolute Gasteiger partial charge is 0.396 e. The van der Waals surface area contributed by atoms with E-state index in [1.54, 1.807) is 0 Å². The number of hydrogen-bond donors (Lipinski definition) is 2. The van der Waals surface area contributed by atoms with E-state index in [1.165, 1.54) is 19.3 Å². The van der Waals surface area contributed by atoms with Gasteiger partial charge in [-0.15, -0.1) is 0 Å². The molecule has 2 nitrogen and oxygen atoms in total. The van der Waals surface area contributed by atoms with E-state index in [0.29, 0.717) is 16.8 Å². The highest BCUT2D eigenvalue weighted by Gasteiger charge is 2.36. The smallest absolute Gasteiger partial charge is 0.0739 e. The zero-order valence-corrected chi connectivity index (χ0v) is 9.72. The summed E-state index contributed by atoms with van der Waals surface area (Å²) < 4.78 is 0. The van der Waals surface area contributed by atoms with Crippen LogP contribution in [0.25, 0.3) is 0 Å². The van der Waals surface area contributed by atoms with E-state index < -0.39 is 0 Å². The Balaban J connectivity index is 1.98. The molecule has 0 aromatic heterocycles. The number of benzene rings is 1. The molecule has 2 atom stereocenters. The molecule has 1 aromatic carbocycles. The minimum Gasteiger partial charge on any atom is -0.396 e. The van der Waals surface area contributed by atoms with Crippen LogP contribution in [-0.4, -0.2) is 6.04 Å². The van der Waals surface area contributed by atoms with Crippen molar-refractivity contribution >= 4 is 23.0 Å². The molecule has 2 rings (SSSR count). The van der Waals surface area contributed by atoms with Crippen molar-refractivity contribution in [3.05, 3.63) is 23.2 Å². The fraction of sp³-hybridized carbons (Fsp3) is 0.500. The van der Waals surface area contributed by atoms with Crippen LogP contribution in [0.5, 0.6) is 0 Å². The average Bonchev–Trinajstić information content (AvgIpc) is 2.93. The van der Waals surface area contributed by atoms with Crippen LogP contribution in [0.3, 0.4) is 0 Å². The summed E-state index contributed by atoms with van der Waals surface area (Å²) >= 11 is 5.95. The van der Waals surface area contributed by atoms with Gasteiger partial charge >= 0.3 is 0 Å². The standard InChI is InChI=1S/C12H17ClN2/c1-2-4-8-7-11(8)15-10-6-3-5-9(13)12(10)14/h3,5-6,8,11,15H,2,4,7,14H2,1H3. The van der Waals surface area contributed by atoms with Gasteiger partial charge in [-0.2, -0.15) is 0 Å². The molecule has 82 valence electrons. The fourth-order valence-corrected chi connectivity index (χ4v) is 2.15. The third kappa shape index (κ3) is 2.37. The first kappa shape index (κ1) is 10.6. The molecule has 0 bridgehead atoms. The molecule has 1 aliphatic rings. The molecule has 3 N–H and O–H groups in total. The average molecular weight is 225 g/mol. The van der Waals surface area contributed by atoms with Crippen LogP contribution < -0.4 is 11.1 Å². The first-order valence-electron chi connectivity index (χ1n) is 5.53. The number of para-hydroxylation sites is 1. The molecule has 1 saturated carbocycles. The van der Waals surface area contributed by atoms with Crippen molar-refractivity contribution < 1.29 is 0 Å². The predicted octanol–water partition coefficient (Wildman–Crippen LogP) is 3.52. The maximum absolute atomic E-state index is 5.95. The van der Waals surface area contributed by atoms with E-state index in [4.69, 9.17) is 17.3 Å². The third-order valence-electron chi connectivity index (χ3n) is 2.98. The van der Waals surface area contributed by atoms with E-state index in [0.717, 1.165) is 11.6 Å². The maximum Gasteiger partial charge on any atom is 0.0739 e. The molecular formula is C12H17ClN2. The van der Waals surface area contributed by atoms with E-state index in [2.05, 4.69) is 12.2 Å². The Kier molecular flexibility index (Phi) is 3.06. The highest BCUT2D eigenvalue weighted by atomic mass is 35.5. The lowest BCUT2D eigenvalue weighted by molar-refractivity contribution is 0.693. The van der Waals surface area contributed by atoms with Crippen molar-refractivity contribution in [2.75, 3.05) is 11.1 Å². The quantitative estimate of drug-likeness (QED) is 0.768. The van der Waals surface area contributed by atoms with Crippen molar-refractivity contribution in [1.29, 1.82) is 0 Å². The first-order chi connectivity index (χ1) is 7.22. The van der Waals surface area contributed by atoms with E-state index in [1.807, 2.05) is 18.2 Å². The number of nitrogen functional groups attached to an aromatic ring is 1. The van der Waals surface area contributed by atoms with Gasteiger partial charge < -0.3 is 11.1 Å². The van der Waals surface area contributed by atoms with E-state index >= 15 is 0 Å². The maximum atomic E-state index is 5.95. The Morgan fingerprint density at radius 1 is 1.53 bits per heavy atom. The number of nitrogens with two attached hydrogens (primary N) is 1. The molecule has 2 unspecified atom stereocenters. The van der Waals surface area contributed by atoms with Crippen LogP contribution in [-0.2, 0) is 0 Å². The summed E-state index contributed by atoms with van der Waals surface area (Å²) in [4.78, 5) is 0. The Hall–Kier alpha value is -0.890. The molecule has 0 aliphatic heterocycles. The molecule has 0 saturated heterocycles. The van der Waals surface area contributed by atoms with Gasteiger partial charge in [0.15, 0.2) is 0 Å². The lowest BCUT2D eigenvalue weighted by atomic mass is 10.2. The molecule has 1 aliphatic carbocycles. The Bertz CT molecular complexity index is 351. The molecule has 0 spiro atoms. The number of halogens is 1. The highest BCUT2D eigenvalue weighted by molar-refractivity contribution is 6.33. The number of nitrogens with one attached hydrogen (secondary N) is 1. The van der Waals surface area contributed by atoms with Gasteiger partial charge in [-0.25, -0.2) is 0 Å². The second kappa shape index (κ2) is 4.31. The monoisotopic (exact) mass is 224 g/mol. The second-order valence-corrected chi connectivity index (χ2v) is 4.64. The van der Waals surface area contributed by atoms with Gasteiger partial charge in [-0.3, -0.25) is 0 Å². The summed E-state index contributed by atoms with van der Waals surface area (Å²) in [5, 5.41) is 4.08. The summed E-state index contributed by atoms with van der Waals surface area (Å²) in [7, 11) is 0. The van der Waals surface area contributed by atoms with Crippen molar-refractivity contribution in [1.82, 2.24) is 0 Å². The van der Waals surface area contributed by atoms with Crippen LogP contribution in [0.1, 0.15) is 26.2 Å². The molecule has 0 heterocycles. The van der Waals surface area contributed by atoms with Crippen molar-refractivity contribution in [3.63, 3.8) is 0 Å². The Morgan fingerprint density at radius 2 is 2.33 bits per heavy atom. The molecule has 3 heteroatoms. The Labute approximate surface area is 95.8 Å². The van der Waals surface area contributed by atoms with Gasteiger partial charge in [-0.05, 0) is 30.9 Å². The van der Waals surface area contributed by atoms with Crippen LogP contribution in [0.15, 0.2) is 18.2 Å². The van der Waals surface area contributed by atoms with Crippen LogP contribution in [0, 0.1) is 5.92 Å². The first-order valence-corrected chi connectivity index (χ1v) is 5.90. The SMILES string of the molecule is CCCC1CC1Nc1cccc(Cl)c1N. The molecule has 1 aromatic rings. The molecule has 15 heavy (non-hydrogen) atoms. The van der Waals surface area contributed by atoms with Gasteiger partial charge in [0.25, 0.3) is 0 Å². The highest BCUT2D eigenvalue weighted by Crippen LogP contribution is 2.39. The summed E-state index contributed by atoms with van der Waals surface area (Å²) in [6, 6.07) is 6.34. The molecule has 0 amide bonds. The third-order valence-corrected chi connectivity index (χ3v) is 3.31. The Morgan fingerprint density at radius 3 is 3.07 bits per heavy atom. The minimum atomic E-state index is 0.603. The lowest BCUT2D eigenvalue weighted by Gasteiger charge is -2.09. The summed E-state index contributed by atoms with van der Waals surface area (Å²) in [6.07, 6.45) is 3.83. The predicted molar refractivity (Wildman–Crippen MR) is 66.3 cm³/mol. The molecular weight excluding hydrogens is 208 g/mol. The van der Waals surface area contributed by atoms with Crippen molar-refractivity contribution in [2.45, 2.75) is 32.2 Å². The normalized spacial score (nSPS) is 23.9. The van der Waals surface area contributed by atoms with Crippen LogP contribution in [0.4, 0.5) is 11.4 Å². The summed E-state index contributed by atoms with van der Waals surface area (Å²) in [5.74, 6) is 0.827. The van der Waals surface area contributed by atoms with Crippen LogP contribution >= 0.6 is 11.6 Å².